The molecule has 1 atom stereocenters. The van der Waals surface area contributed by atoms with E-state index in [1.807, 2.05) is 24.3 Å². The van der Waals surface area contributed by atoms with Gasteiger partial charge in [0, 0.05) is 19.3 Å². The Morgan fingerprint density at radius 3 is 2.67 bits per heavy atom. The van der Waals surface area contributed by atoms with Crippen molar-refractivity contribution >= 4 is 28.9 Å². The third-order valence-corrected chi connectivity index (χ3v) is 4.69. The minimum Gasteiger partial charge on any atom is -0.491 e. The normalized spacial score (nSPS) is 15.4. The van der Waals surface area contributed by atoms with E-state index in [2.05, 4.69) is 10.6 Å². The Kier molecular flexibility index (Phi) is 8.43. The molecule has 160 valence electrons. The van der Waals surface area contributed by atoms with Crippen LogP contribution in [0.2, 0.25) is 0 Å². The van der Waals surface area contributed by atoms with Crippen molar-refractivity contribution in [3.05, 3.63) is 54.1 Å². The Bertz CT molecular complexity index is 838. The summed E-state index contributed by atoms with van der Waals surface area (Å²) in [6, 6.07) is 14.3. The number of hydrogen-bond donors (Lipinski definition) is 2. The number of thiocarbonyl (C=S) groups is 1. The first kappa shape index (κ1) is 22.0. The van der Waals surface area contributed by atoms with E-state index in [-0.39, 0.29) is 17.1 Å². The molecule has 0 radical (unpaired) electrons. The maximum absolute atomic E-state index is 12.5. The number of carbonyl (C=O) groups is 1. The standard InChI is InChI=1S/C22H26N2O5S/c1-26-13-14-28-17-10-8-16(9-11-17)21(25)24-22(30)23-19-6-2-3-7-20(19)29-15-18-5-4-12-27-18/h2-3,6-11,18H,4-5,12-15H2,1H3,(H2,23,24,25,30). The number of hydrogen-bond acceptors (Lipinski definition) is 6. The Balaban J connectivity index is 1.51. The third-order valence-electron chi connectivity index (χ3n) is 4.48. The first-order chi connectivity index (χ1) is 14.7. The van der Waals surface area contributed by atoms with Crippen molar-refractivity contribution in [3.8, 4) is 11.5 Å². The molecule has 8 heteroatoms. The zero-order valence-corrected chi connectivity index (χ0v) is 17.7. The Hall–Kier alpha value is -2.68. The van der Waals surface area contributed by atoms with Crippen LogP contribution in [-0.4, -0.2) is 50.7 Å². The molecule has 0 spiro atoms. The number of anilines is 1. The van der Waals surface area contributed by atoms with Gasteiger partial charge in [-0.3, -0.25) is 10.1 Å². The molecule has 1 heterocycles. The van der Waals surface area contributed by atoms with E-state index in [0.29, 0.717) is 42.6 Å². The summed E-state index contributed by atoms with van der Waals surface area (Å²) in [7, 11) is 1.61. The van der Waals surface area contributed by atoms with Crippen LogP contribution in [0.1, 0.15) is 23.2 Å². The highest BCUT2D eigenvalue weighted by Gasteiger charge is 2.17. The number of carbonyl (C=O) groups excluding carboxylic acids is 1. The topological polar surface area (TPSA) is 78.1 Å². The SMILES string of the molecule is COCCOc1ccc(C(=O)NC(=S)Nc2ccccc2OCC2CCCO2)cc1. The minimum atomic E-state index is -0.311. The van der Waals surface area contributed by atoms with E-state index in [0.717, 1.165) is 19.4 Å². The van der Waals surface area contributed by atoms with Crippen molar-refractivity contribution < 1.29 is 23.7 Å². The summed E-state index contributed by atoms with van der Waals surface area (Å²) in [5.74, 6) is 1.01. The van der Waals surface area contributed by atoms with Crippen LogP contribution in [-0.2, 0) is 9.47 Å². The van der Waals surface area contributed by atoms with Gasteiger partial charge in [0.1, 0.15) is 24.7 Å². The van der Waals surface area contributed by atoms with Gasteiger partial charge in [-0.05, 0) is 61.5 Å². The molecule has 0 bridgehead atoms. The first-order valence-corrected chi connectivity index (χ1v) is 10.2. The maximum Gasteiger partial charge on any atom is 0.257 e. The predicted octanol–water partition coefficient (Wildman–Crippen LogP) is 3.40. The number of ether oxygens (including phenoxy) is 4. The summed E-state index contributed by atoms with van der Waals surface area (Å²) in [5.41, 5.74) is 1.16. The summed E-state index contributed by atoms with van der Waals surface area (Å²) in [4.78, 5) is 12.5. The monoisotopic (exact) mass is 430 g/mol. The molecule has 3 rings (SSSR count). The van der Waals surface area contributed by atoms with Crippen LogP contribution in [0, 0.1) is 0 Å². The quantitative estimate of drug-likeness (QED) is 0.466. The summed E-state index contributed by atoms with van der Waals surface area (Å²) in [5, 5.41) is 5.90. The lowest BCUT2D eigenvalue weighted by molar-refractivity contribution is 0.0682. The van der Waals surface area contributed by atoms with Gasteiger partial charge in [0.05, 0.1) is 18.4 Å². The maximum atomic E-state index is 12.5. The van der Waals surface area contributed by atoms with E-state index >= 15 is 0 Å². The van der Waals surface area contributed by atoms with E-state index in [1.165, 1.54) is 0 Å². The zero-order chi connectivity index (χ0) is 21.2. The summed E-state index contributed by atoms with van der Waals surface area (Å²) >= 11 is 5.30. The second kappa shape index (κ2) is 11.5. The molecular formula is C22H26N2O5S. The molecule has 1 fully saturated rings. The second-order valence-corrected chi connectivity index (χ2v) is 7.12. The third kappa shape index (κ3) is 6.69. The fraction of sp³-hybridized carbons (Fsp3) is 0.364. The molecular weight excluding hydrogens is 404 g/mol. The molecule has 2 aromatic rings. The predicted molar refractivity (Wildman–Crippen MR) is 118 cm³/mol. The molecule has 1 aliphatic heterocycles. The molecule has 0 aliphatic carbocycles. The van der Waals surface area contributed by atoms with Crippen LogP contribution < -0.4 is 20.1 Å². The van der Waals surface area contributed by atoms with Crippen molar-refractivity contribution in [2.45, 2.75) is 18.9 Å². The van der Waals surface area contributed by atoms with E-state index in [1.54, 1.807) is 31.4 Å². The van der Waals surface area contributed by atoms with Gasteiger partial charge < -0.3 is 24.3 Å². The van der Waals surface area contributed by atoms with Crippen LogP contribution in [0.4, 0.5) is 5.69 Å². The molecule has 2 aromatic carbocycles. The molecule has 7 nitrogen and oxygen atoms in total. The van der Waals surface area contributed by atoms with Gasteiger partial charge in [-0.25, -0.2) is 0 Å². The molecule has 1 amide bonds. The number of rotatable bonds is 9. The Labute approximate surface area is 181 Å². The number of amides is 1. The smallest absolute Gasteiger partial charge is 0.257 e. The van der Waals surface area contributed by atoms with Crippen LogP contribution in [0.25, 0.3) is 0 Å². The van der Waals surface area contributed by atoms with Crippen molar-refractivity contribution in [3.63, 3.8) is 0 Å². The number of nitrogens with one attached hydrogen (secondary N) is 2. The lowest BCUT2D eigenvalue weighted by Crippen LogP contribution is -2.34. The average Bonchev–Trinajstić information content (AvgIpc) is 3.27. The van der Waals surface area contributed by atoms with Crippen molar-refractivity contribution in [1.82, 2.24) is 5.32 Å². The molecule has 1 saturated heterocycles. The number of para-hydroxylation sites is 2. The van der Waals surface area contributed by atoms with E-state index in [4.69, 9.17) is 31.2 Å². The van der Waals surface area contributed by atoms with E-state index in [9.17, 15) is 4.79 Å². The molecule has 0 aromatic heterocycles. The highest BCUT2D eigenvalue weighted by molar-refractivity contribution is 7.80. The van der Waals surface area contributed by atoms with Gasteiger partial charge >= 0.3 is 0 Å². The van der Waals surface area contributed by atoms with Crippen molar-refractivity contribution in [2.24, 2.45) is 0 Å². The molecule has 0 saturated carbocycles. The summed E-state index contributed by atoms with van der Waals surface area (Å²) in [6.45, 7) is 2.21. The highest BCUT2D eigenvalue weighted by Crippen LogP contribution is 2.25. The number of methoxy groups -OCH3 is 1. The fourth-order valence-corrected chi connectivity index (χ4v) is 3.13. The molecule has 1 unspecified atom stereocenters. The van der Waals surface area contributed by atoms with Crippen molar-refractivity contribution in [1.29, 1.82) is 0 Å². The van der Waals surface area contributed by atoms with Crippen molar-refractivity contribution in [2.75, 3.05) is 38.9 Å². The van der Waals surface area contributed by atoms with Gasteiger partial charge in [0.25, 0.3) is 5.91 Å². The largest absolute Gasteiger partial charge is 0.491 e. The van der Waals surface area contributed by atoms with Gasteiger partial charge in [0.2, 0.25) is 0 Å². The molecule has 30 heavy (non-hydrogen) atoms. The second-order valence-electron chi connectivity index (χ2n) is 6.72. The van der Waals surface area contributed by atoms with Gasteiger partial charge in [-0.2, -0.15) is 0 Å². The average molecular weight is 431 g/mol. The summed E-state index contributed by atoms with van der Waals surface area (Å²) in [6.07, 6.45) is 2.18. The van der Waals surface area contributed by atoms with Crippen LogP contribution in [0.3, 0.4) is 0 Å². The summed E-state index contributed by atoms with van der Waals surface area (Å²) < 4.78 is 21.9. The Morgan fingerprint density at radius 1 is 1.13 bits per heavy atom. The fourth-order valence-electron chi connectivity index (χ4n) is 2.93. The van der Waals surface area contributed by atoms with Crippen LogP contribution in [0.5, 0.6) is 11.5 Å². The van der Waals surface area contributed by atoms with Gasteiger partial charge in [-0.1, -0.05) is 12.1 Å². The lowest BCUT2D eigenvalue weighted by Gasteiger charge is -2.16. The minimum absolute atomic E-state index is 0.117. The highest BCUT2D eigenvalue weighted by atomic mass is 32.1. The molecule has 1 aliphatic rings. The van der Waals surface area contributed by atoms with E-state index < -0.39 is 0 Å². The number of benzene rings is 2. The van der Waals surface area contributed by atoms with Gasteiger partial charge in [-0.15, -0.1) is 0 Å². The zero-order valence-electron chi connectivity index (χ0n) is 16.9. The Morgan fingerprint density at radius 2 is 1.93 bits per heavy atom. The van der Waals surface area contributed by atoms with Crippen LogP contribution in [0.15, 0.2) is 48.5 Å². The van der Waals surface area contributed by atoms with Crippen LogP contribution >= 0.6 is 12.2 Å². The molecule has 2 N–H and O–H groups in total. The first-order valence-electron chi connectivity index (χ1n) is 9.83. The lowest BCUT2D eigenvalue weighted by atomic mass is 10.2. The van der Waals surface area contributed by atoms with Gasteiger partial charge in [0.15, 0.2) is 5.11 Å².